The smallest absolute Gasteiger partial charge is 0.379 e. The molecule has 1 rings (SSSR count). The Balaban J connectivity index is 2.36. The third-order valence-electron chi connectivity index (χ3n) is 3.87. The molecule has 0 aliphatic carbocycles. The summed E-state index contributed by atoms with van der Waals surface area (Å²) in [6.07, 6.45) is -4.46. The maximum Gasteiger partial charge on any atom is 0.389 e. The van der Waals surface area contributed by atoms with Crippen molar-refractivity contribution < 1.29 is 22.7 Å². The molecule has 1 aliphatic heterocycles. The number of carbonyl (C=O) groups excluding carboxylic acids is 1. The highest BCUT2D eigenvalue weighted by Gasteiger charge is 2.25. The average Bonchev–Trinajstić information content (AvgIpc) is 2.58. The number of alkyl halides is 3. The molecule has 0 atom stereocenters. The van der Waals surface area contributed by atoms with Crippen LogP contribution in [0.25, 0.3) is 0 Å². The SMILES string of the molecule is CN(C)C(=O)CN=C(NCCCCC(F)(F)F)NCCN1CCOCC1. The molecule has 0 unspecified atom stereocenters. The lowest BCUT2D eigenvalue weighted by Crippen LogP contribution is -2.45. The molecule has 2 N–H and O–H groups in total. The van der Waals surface area contributed by atoms with Crippen molar-refractivity contribution in [2.75, 3.05) is 66.6 Å². The fourth-order valence-corrected chi connectivity index (χ4v) is 2.28. The van der Waals surface area contributed by atoms with Gasteiger partial charge in [0.15, 0.2) is 5.96 Å². The van der Waals surface area contributed by atoms with E-state index in [-0.39, 0.29) is 18.9 Å². The molecule has 0 spiro atoms. The van der Waals surface area contributed by atoms with Gasteiger partial charge in [-0.05, 0) is 12.8 Å². The topological polar surface area (TPSA) is 69.2 Å². The fourth-order valence-electron chi connectivity index (χ4n) is 2.28. The van der Waals surface area contributed by atoms with Crippen LogP contribution in [0.3, 0.4) is 0 Å². The monoisotopic (exact) mass is 381 g/mol. The van der Waals surface area contributed by atoms with E-state index in [9.17, 15) is 18.0 Å². The Bertz CT molecular complexity index is 438. The molecular weight excluding hydrogens is 351 g/mol. The van der Waals surface area contributed by atoms with Gasteiger partial charge in [-0.25, -0.2) is 4.99 Å². The average molecular weight is 381 g/mol. The lowest BCUT2D eigenvalue weighted by molar-refractivity contribution is -0.135. The summed E-state index contributed by atoms with van der Waals surface area (Å²) in [5.41, 5.74) is 0. The minimum absolute atomic E-state index is 0.0115. The summed E-state index contributed by atoms with van der Waals surface area (Å²) in [6, 6.07) is 0. The minimum atomic E-state index is -4.12. The number of guanidine groups is 1. The van der Waals surface area contributed by atoms with Gasteiger partial charge in [0.1, 0.15) is 6.54 Å². The number of rotatable bonds is 9. The molecule has 26 heavy (non-hydrogen) atoms. The highest BCUT2D eigenvalue weighted by atomic mass is 19.4. The molecule has 0 aromatic carbocycles. The molecule has 0 aromatic rings. The molecule has 0 radical (unpaired) electrons. The Labute approximate surface area is 152 Å². The number of nitrogens with one attached hydrogen (secondary N) is 2. The molecule has 1 amide bonds. The molecule has 0 bridgehead atoms. The van der Waals surface area contributed by atoms with E-state index in [1.54, 1.807) is 14.1 Å². The number of hydrogen-bond acceptors (Lipinski definition) is 4. The summed E-state index contributed by atoms with van der Waals surface area (Å²) in [7, 11) is 3.29. The number of carbonyl (C=O) groups is 1. The third-order valence-corrected chi connectivity index (χ3v) is 3.87. The van der Waals surface area contributed by atoms with Crippen LogP contribution in [0.5, 0.6) is 0 Å². The molecule has 1 saturated heterocycles. The molecule has 0 aromatic heterocycles. The van der Waals surface area contributed by atoms with Crippen molar-refractivity contribution in [1.29, 1.82) is 0 Å². The second-order valence-electron chi connectivity index (χ2n) is 6.33. The fraction of sp³-hybridized carbons (Fsp3) is 0.875. The predicted molar refractivity (Wildman–Crippen MR) is 94.2 cm³/mol. The number of unbranched alkanes of at least 4 members (excludes halogenated alkanes) is 1. The summed E-state index contributed by atoms with van der Waals surface area (Å²) < 4.78 is 41.8. The quantitative estimate of drug-likeness (QED) is 0.349. The predicted octanol–water partition coefficient (Wildman–Crippen LogP) is 0.675. The van der Waals surface area contributed by atoms with Gasteiger partial charge in [0.05, 0.1) is 13.2 Å². The second kappa shape index (κ2) is 11.9. The van der Waals surface area contributed by atoms with Gasteiger partial charge in [-0.1, -0.05) is 0 Å². The van der Waals surface area contributed by atoms with Crippen LogP contribution in [0.15, 0.2) is 4.99 Å². The first-order valence-corrected chi connectivity index (χ1v) is 8.87. The van der Waals surface area contributed by atoms with Gasteiger partial charge in [0.2, 0.25) is 5.91 Å². The van der Waals surface area contributed by atoms with E-state index in [0.717, 1.165) is 32.8 Å². The van der Waals surface area contributed by atoms with Gasteiger partial charge in [-0.2, -0.15) is 13.2 Å². The minimum Gasteiger partial charge on any atom is -0.379 e. The number of amides is 1. The largest absolute Gasteiger partial charge is 0.389 e. The number of halogens is 3. The van der Waals surface area contributed by atoms with Crippen LogP contribution in [-0.4, -0.2) is 94.4 Å². The van der Waals surface area contributed by atoms with Gasteiger partial charge in [0.25, 0.3) is 0 Å². The summed E-state index contributed by atoms with van der Waals surface area (Å²) in [6.45, 7) is 4.98. The van der Waals surface area contributed by atoms with Crippen molar-refractivity contribution in [2.24, 2.45) is 4.99 Å². The van der Waals surface area contributed by atoms with E-state index >= 15 is 0 Å². The Morgan fingerprint density at radius 1 is 1.15 bits per heavy atom. The lowest BCUT2D eigenvalue weighted by Gasteiger charge is -2.26. The second-order valence-corrected chi connectivity index (χ2v) is 6.33. The van der Waals surface area contributed by atoms with Crippen molar-refractivity contribution in [3.8, 4) is 0 Å². The van der Waals surface area contributed by atoms with Crippen molar-refractivity contribution in [1.82, 2.24) is 20.4 Å². The zero-order valence-corrected chi connectivity index (χ0v) is 15.6. The molecule has 1 aliphatic rings. The number of nitrogens with zero attached hydrogens (tertiary/aromatic N) is 3. The van der Waals surface area contributed by atoms with E-state index in [1.165, 1.54) is 4.90 Å². The van der Waals surface area contributed by atoms with Crippen molar-refractivity contribution in [2.45, 2.75) is 25.4 Å². The summed E-state index contributed by atoms with van der Waals surface area (Å²) >= 11 is 0. The van der Waals surface area contributed by atoms with Crippen LogP contribution < -0.4 is 10.6 Å². The normalized spacial score (nSPS) is 16.4. The number of ether oxygens (including phenoxy) is 1. The molecule has 152 valence electrons. The molecule has 1 heterocycles. The molecular formula is C16H30F3N5O2. The van der Waals surface area contributed by atoms with E-state index in [1.807, 2.05) is 0 Å². The lowest BCUT2D eigenvalue weighted by atomic mass is 10.2. The zero-order chi connectivity index (χ0) is 19.4. The van der Waals surface area contributed by atoms with Crippen molar-refractivity contribution in [3.05, 3.63) is 0 Å². The van der Waals surface area contributed by atoms with Gasteiger partial charge in [0, 0.05) is 53.2 Å². The zero-order valence-electron chi connectivity index (χ0n) is 15.6. The molecule has 1 fully saturated rings. The highest BCUT2D eigenvalue weighted by molar-refractivity contribution is 5.84. The van der Waals surface area contributed by atoms with Crippen molar-refractivity contribution >= 4 is 11.9 Å². The van der Waals surface area contributed by atoms with Crippen LogP contribution in [0, 0.1) is 0 Å². The van der Waals surface area contributed by atoms with Gasteiger partial charge in [-0.15, -0.1) is 0 Å². The molecule has 10 heteroatoms. The highest BCUT2D eigenvalue weighted by Crippen LogP contribution is 2.21. The van der Waals surface area contributed by atoms with Crippen LogP contribution in [0.1, 0.15) is 19.3 Å². The van der Waals surface area contributed by atoms with E-state index in [2.05, 4.69) is 20.5 Å². The van der Waals surface area contributed by atoms with Gasteiger partial charge < -0.3 is 20.3 Å². The first-order chi connectivity index (χ1) is 12.3. The first kappa shape index (κ1) is 22.5. The number of likely N-dealkylation sites (N-methyl/N-ethyl adjacent to an activating group) is 1. The Hall–Kier alpha value is -1.55. The van der Waals surface area contributed by atoms with E-state index < -0.39 is 12.6 Å². The van der Waals surface area contributed by atoms with Gasteiger partial charge in [-0.3, -0.25) is 9.69 Å². The number of hydrogen-bond donors (Lipinski definition) is 2. The number of morpholine rings is 1. The summed E-state index contributed by atoms with van der Waals surface area (Å²) in [5.74, 6) is 0.303. The van der Waals surface area contributed by atoms with E-state index in [4.69, 9.17) is 4.74 Å². The number of aliphatic imine (C=N–C) groups is 1. The summed E-state index contributed by atoms with van der Waals surface area (Å²) in [4.78, 5) is 19.6. The standard InChI is InChI=1S/C16H30F3N5O2/c1-23(2)14(25)13-22-15(20-6-4-3-5-16(17,18)19)21-7-8-24-9-11-26-12-10-24/h3-13H2,1-2H3,(H2,20,21,22). The Kier molecular flexibility index (Phi) is 10.3. The molecule has 0 saturated carbocycles. The van der Waals surface area contributed by atoms with E-state index in [0.29, 0.717) is 25.5 Å². The van der Waals surface area contributed by atoms with Crippen LogP contribution in [-0.2, 0) is 9.53 Å². The van der Waals surface area contributed by atoms with Crippen LogP contribution in [0.4, 0.5) is 13.2 Å². The maximum atomic E-state index is 12.2. The van der Waals surface area contributed by atoms with Crippen LogP contribution >= 0.6 is 0 Å². The Morgan fingerprint density at radius 2 is 1.81 bits per heavy atom. The first-order valence-electron chi connectivity index (χ1n) is 8.87. The van der Waals surface area contributed by atoms with Crippen LogP contribution in [0.2, 0.25) is 0 Å². The maximum absolute atomic E-state index is 12.2. The summed E-state index contributed by atoms with van der Waals surface area (Å²) in [5, 5.41) is 6.13. The third kappa shape index (κ3) is 11.1. The van der Waals surface area contributed by atoms with Gasteiger partial charge >= 0.3 is 6.18 Å². The molecule has 7 nitrogen and oxygen atoms in total. The van der Waals surface area contributed by atoms with Crippen molar-refractivity contribution in [3.63, 3.8) is 0 Å². The Morgan fingerprint density at radius 3 is 2.42 bits per heavy atom.